The molecule has 0 radical (unpaired) electrons. The molecule has 0 bridgehead atoms. The molecule has 0 aromatic heterocycles. The third-order valence-corrected chi connectivity index (χ3v) is 3.53. The fraction of sp³-hybridized carbons (Fsp3) is 0.278. The lowest BCUT2D eigenvalue weighted by molar-refractivity contribution is -0.121. The highest BCUT2D eigenvalue weighted by Gasteiger charge is 2.16. The summed E-state index contributed by atoms with van der Waals surface area (Å²) in [5.41, 5.74) is 1.63. The lowest BCUT2D eigenvalue weighted by Crippen LogP contribution is -2.30. The van der Waals surface area contributed by atoms with Gasteiger partial charge >= 0.3 is 0 Å². The number of methoxy groups -OCH3 is 2. The van der Waals surface area contributed by atoms with Gasteiger partial charge in [-0.2, -0.15) is 0 Å². The van der Waals surface area contributed by atoms with E-state index in [1.807, 2.05) is 24.3 Å². The van der Waals surface area contributed by atoms with Crippen molar-refractivity contribution in [3.63, 3.8) is 0 Å². The molecule has 0 unspecified atom stereocenters. The quantitative estimate of drug-likeness (QED) is 0.854. The van der Waals surface area contributed by atoms with Gasteiger partial charge < -0.3 is 14.8 Å². The second kappa shape index (κ2) is 8.29. The van der Waals surface area contributed by atoms with Crippen molar-refractivity contribution in [1.29, 1.82) is 0 Å². The van der Waals surface area contributed by atoms with Crippen molar-refractivity contribution >= 4 is 5.91 Å². The van der Waals surface area contributed by atoms with Crippen molar-refractivity contribution in [3.8, 4) is 5.75 Å². The second-order valence-electron chi connectivity index (χ2n) is 5.07. The SMILES string of the molecule is COc1ccccc1[C@H](CNC(=O)Cc1ccc(F)cc1)OC. The standard InChI is InChI=1S/C18H20FNO3/c1-22-16-6-4-3-5-15(16)17(23-2)12-20-18(21)11-13-7-9-14(19)10-8-13/h3-10,17H,11-12H2,1-2H3,(H,20,21)/t17-/m0/s1. The van der Waals surface area contributed by atoms with E-state index in [-0.39, 0.29) is 24.2 Å². The predicted octanol–water partition coefficient (Wildman–Crippen LogP) is 2.88. The van der Waals surface area contributed by atoms with Crippen molar-refractivity contribution < 1.29 is 18.7 Å². The number of ether oxygens (including phenoxy) is 2. The van der Waals surface area contributed by atoms with Crippen molar-refractivity contribution in [2.75, 3.05) is 20.8 Å². The minimum Gasteiger partial charge on any atom is -0.496 e. The van der Waals surface area contributed by atoms with E-state index in [0.29, 0.717) is 12.3 Å². The van der Waals surface area contributed by atoms with Crippen LogP contribution >= 0.6 is 0 Å². The van der Waals surface area contributed by atoms with E-state index in [1.54, 1.807) is 26.4 Å². The molecule has 0 saturated heterocycles. The van der Waals surface area contributed by atoms with Gasteiger partial charge in [-0.3, -0.25) is 4.79 Å². The van der Waals surface area contributed by atoms with Crippen molar-refractivity contribution in [1.82, 2.24) is 5.32 Å². The average molecular weight is 317 g/mol. The Morgan fingerprint density at radius 1 is 1.13 bits per heavy atom. The first-order chi connectivity index (χ1) is 11.1. The third-order valence-electron chi connectivity index (χ3n) is 3.53. The van der Waals surface area contributed by atoms with Crippen LogP contribution in [0.2, 0.25) is 0 Å². The van der Waals surface area contributed by atoms with Crippen LogP contribution in [0.5, 0.6) is 5.75 Å². The van der Waals surface area contributed by atoms with Gasteiger partial charge in [0, 0.05) is 19.2 Å². The number of carbonyl (C=O) groups is 1. The highest BCUT2D eigenvalue weighted by molar-refractivity contribution is 5.78. The van der Waals surface area contributed by atoms with Crippen LogP contribution in [0.25, 0.3) is 0 Å². The first kappa shape index (κ1) is 17.0. The summed E-state index contributed by atoms with van der Waals surface area (Å²) in [5.74, 6) is 0.255. The zero-order valence-corrected chi connectivity index (χ0v) is 13.2. The van der Waals surface area contributed by atoms with Gasteiger partial charge in [-0.1, -0.05) is 30.3 Å². The minimum atomic E-state index is -0.315. The van der Waals surface area contributed by atoms with Gasteiger partial charge in [-0.25, -0.2) is 4.39 Å². The van der Waals surface area contributed by atoms with Gasteiger partial charge in [0.1, 0.15) is 17.7 Å². The normalized spacial score (nSPS) is 11.8. The molecule has 122 valence electrons. The van der Waals surface area contributed by atoms with Crippen LogP contribution in [0, 0.1) is 5.82 Å². The molecule has 0 spiro atoms. The number of para-hydroxylation sites is 1. The number of nitrogens with one attached hydrogen (secondary N) is 1. The Balaban J connectivity index is 1.94. The van der Waals surface area contributed by atoms with Gasteiger partial charge in [0.25, 0.3) is 0 Å². The number of hydrogen-bond donors (Lipinski definition) is 1. The monoisotopic (exact) mass is 317 g/mol. The number of amides is 1. The largest absolute Gasteiger partial charge is 0.496 e. The van der Waals surface area contributed by atoms with E-state index in [4.69, 9.17) is 9.47 Å². The Kier molecular flexibility index (Phi) is 6.11. The highest BCUT2D eigenvalue weighted by Crippen LogP contribution is 2.26. The molecule has 1 amide bonds. The van der Waals surface area contributed by atoms with Crippen molar-refractivity contribution in [2.24, 2.45) is 0 Å². The molecule has 4 nitrogen and oxygen atoms in total. The maximum Gasteiger partial charge on any atom is 0.224 e. The fourth-order valence-corrected chi connectivity index (χ4v) is 2.31. The summed E-state index contributed by atoms with van der Waals surface area (Å²) >= 11 is 0. The predicted molar refractivity (Wildman–Crippen MR) is 85.9 cm³/mol. The van der Waals surface area contributed by atoms with Gasteiger partial charge in [0.05, 0.1) is 13.5 Å². The Bertz CT molecular complexity index is 643. The number of benzene rings is 2. The highest BCUT2D eigenvalue weighted by atomic mass is 19.1. The lowest BCUT2D eigenvalue weighted by Gasteiger charge is -2.19. The molecule has 2 aromatic rings. The van der Waals surface area contributed by atoms with E-state index in [1.165, 1.54) is 12.1 Å². The molecular weight excluding hydrogens is 297 g/mol. The molecule has 0 aliphatic rings. The Morgan fingerprint density at radius 3 is 2.48 bits per heavy atom. The van der Waals surface area contributed by atoms with Crippen molar-refractivity contribution in [2.45, 2.75) is 12.5 Å². The van der Waals surface area contributed by atoms with E-state index in [9.17, 15) is 9.18 Å². The van der Waals surface area contributed by atoms with Crippen LogP contribution in [0.3, 0.4) is 0 Å². The maximum atomic E-state index is 12.9. The third kappa shape index (κ3) is 4.79. The van der Waals surface area contributed by atoms with E-state index >= 15 is 0 Å². The summed E-state index contributed by atoms with van der Waals surface area (Å²) in [5, 5.41) is 2.83. The van der Waals surface area contributed by atoms with E-state index in [0.717, 1.165) is 11.1 Å². The summed E-state index contributed by atoms with van der Waals surface area (Å²) < 4.78 is 23.6. The molecule has 23 heavy (non-hydrogen) atoms. The number of carbonyl (C=O) groups excluding carboxylic acids is 1. The molecule has 1 atom stereocenters. The Morgan fingerprint density at radius 2 is 1.83 bits per heavy atom. The molecule has 1 N–H and O–H groups in total. The molecule has 2 rings (SSSR count). The summed E-state index contributed by atoms with van der Waals surface area (Å²) in [6.07, 6.45) is -0.105. The first-order valence-electron chi connectivity index (χ1n) is 7.31. The average Bonchev–Trinajstić information content (AvgIpc) is 2.58. The summed E-state index contributed by atoms with van der Waals surface area (Å²) in [7, 11) is 3.18. The van der Waals surface area contributed by atoms with E-state index in [2.05, 4.69) is 5.32 Å². The maximum absolute atomic E-state index is 12.9. The Labute approximate surface area is 135 Å². The number of hydrogen-bond acceptors (Lipinski definition) is 3. The summed E-state index contributed by atoms with van der Waals surface area (Å²) in [4.78, 5) is 12.0. The Hall–Kier alpha value is -2.40. The van der Waals surface area contributed by atoms with Crippen LogP contribution in [0.4, 0.5) is 4.39 Å². The molecule has 0 aliphatic heterocycles. The molecule has 2 aromatic carbocycles. The molecule has 0 saturated carbocycles. The number of rotatable bonds is 7. The fourth-order valence-electron chi connectivity index (χ4n) is 2.31. The lowest BCUT2D eigenvalue weighted by atomic mass is 10.1. The van der Waals surface area contributed by atoms with Crippen LogP contribution in [-0.2, 0) is 16.0 Å². The van der Waals surface area contributed by atoms with Gasteiger partial charge in [-0.05, 0) is 23.8 Å². The first-order valence-corrected chi connectivity index (χ1v) is 7.31. The molecule has 0 aliphatic carbocycles. The van der Waals surface area contributed by atoms with Gasteiger partial charge in [0.15, 0.2) is 0 Å². The minimum absolute atomic E-state index is 0.145. The van der Waals surface area contributed by atoms with E-state index < -0.39 is 0 Å². The van der Waals surface area contributed by atoms with Crippen LogP contribution in [0.1, 0.15) is 17.2 Å². The zero-order chi connectivity index (χ0) is 16.7. The smallest absolute Gasteiger partial charge is 0.224 e. The second-order valence-corrected chi connectivity index (χ2v) is 5.07. The van der Waals surface area contributed by atoms with Crippen molar-refractivity contribution in [3.05, 3.63) is 65.5 Å². The van der Waals surface area contributed by atoms with Crippen LogP contribution < -0.4 is 10.1 Å². The summed E-state index contributed by atoms with van der Waals surface area (Å²) in [6, 6.07) is 13.4. The molecule has 0 heterocycles. The van der Waals surface area contributed by atoms with Gasteiger partial charge in [-0.15, -0.1) is 0 Å². The topological polar surface area (TPSA) is 47.6 Å². The molecule has 0 fully saturated rings. The van der Waals surface area contributed by atoms with Gasteiger partial charge in [0.2, 0.25) is 5.91 Å². The molecular formula is C18H20FNO3. The molecule has 5 heteroatoms. The number of halogens is 1. The van der Waals surface area contributed by atoms with Crippen LogP contribution in [-0.4, -0.2) is 26.7 Å². The zero-order valence-electron chi connectivity index (χ0n) is 13.2. The summed E-state index contributed by atoms with van der Waals surface area (Å²) in [6.45, 7) is 0.330. The van der Waals surface area contributed by atoms with Crippen LogP contribution in [0.15, 0.2) is 48.5 Å².